The number of para-hydroxylation sites is 1. The first-order valence-corrected chi connectivity index (χ1v) is 6.84. The van der Waals surface area contributed by atoms with Crippen molar-refractivity contribution in [2.45, 2.75) is 45.3 Å². The van der Waals surface area contributed by atoms with Gasteiger partial charge in [-0.15, -0.1) is 0 Å². The van der Waals surface area contributed by atoms with Crippen molar-refractivity contribution in [3.8, 4) is 0 Å². The zero-order valence-electron chi connectivity index (χ0n) is 11.2. The predicted molar refractivity (Wildman–Crippen MR) is 74.3 cm³/mol. The Bertz CT molecular complexity index is 442. The van der Waals surface area contributed by atoms with Gasteiger partial charge in [-0.25, -0.2) is 0 Å². The van der Waals surface area contributed by atoms with Gasteiger partial charge in [-0.3, -0.25) is 10.1 Å². The maximum atomic E-state index is 11.0. The summed E-state index contributed by atoms with van der Waals surface area (Å²) >= 11 is 0. The number of benzene rings is 1. The van der Waals surface area contributed by atoms with Gasteiger partial charge in [-0.05, 0) is 19.8 Å². The molecule has 104 valence electrons. The first kappa shape index (κ1) is 13.8. The minimum absolute atomic E-state index is 0.120. The van der Waals surface area contributed by atoms with Gasteiger partial charge in [0.1, 0.15) is 5.69 Å². The van der Waals surface area contributed by atoms with Gasteiger partial charge in [-0.1, -0.05) is 25.0 Å². The molecule has 1 fully saturated rings. The van der Waals surface area contributed by atoms with E-state index >= 15 is 0 Å². The fraction of sp³-hybridized carbons (Fsp3) is 0.571. The molecule has 1 aromatic carbocycles. The second-order valence-electron chi connectivity index (χ2n) is 4.82. The summed E-state index contributed by atoms with van der Waals surface area (Å²) < 4.78 is 5.85. The van der Waals surface area contributed by atoms with Crippen molar-refractivity contribution >= 4 is 11.4 Å². The van der Waals surface area contributed by atoms with Crippen LogP contribution in [0.15, 0.2) is 18.2 Å². The Balaban J connectivity index is 2.13. The molecule has 2 rings (SSSR count). The smallest absolute Gasteiger partial charge is 0.292 e. The molecule has 0 atom stereocenters. The standard InChI is InChI=1S/C14H20N2O3/c1-2-15-14-11(6-5-9-13(14)16(17)18)10-19-12-7-3-4-8-12/h5-6,9,12,15H,2-4,7-8,10H2,1H3. The average molecular weight is 264 g/mol. The average Bonchev–Trinajstić information content (AvgIpc) is 2.90. The molecule has 1 aromatic rings. The van der Waals surface area contributed by atoms with Gasteiger partial charge >= 0.3 is 0 Å². The SMILES string of the molecule is CCNc1c(COC2CCCC2)cccc1[N+](=O)[O-]. The fourth-order valence-electron chi connectivity index (χ4n) is 2.50. The van der Waals surface area contributed by atoms with E-state index in [4.69, 9.17) is 4.74 Å². The van der Waals surface area contributed by atoms with Crippen molar-refractivity contribution < 1.29 is 9.66 Å². The minimum Gasteiger partial charge on any atom is -0.379 e. The van der Waals surface area contributed by atoms with Crippen LogP contribution in [-0.2, 0) is 11.3 Å². The van der Waals surface area contributed by atoms with E-state index in [0.29, 0.717) is 24.9 Å². The highest BCUT2D eigenvalue weighted by molar-refractivity contribution is 5.66. The lowest BCUT2D eigenvalue weighted by molar-refractivity contribution is -0.384. The maximum absolute atomic E-state index is 11.0. The van der Waals surface area contributed by atoms with Gasteiger partial charge in [-0.2, -0.15) is 0 Å². The number of anilines is 1. The molecule has 1 N–H and O–H groups in total. The monoisotopic (exact) mass is 264 g/mol. The summed E-state index contributed by atoms with van der Waals surface area (Å²) in [5.74, 6) is 0. The molecule has 5 nitrogen and oxygen atoms in total. The van der Waals surface area contributed by atoms with E-state index in [-0.39, 0.29) is 10.6 Å². The van der Waals surface area contributed by atoms with Crippen molar-refractivity contribution in [2.75, 3.05) is 11.9 Å². The van der Waals surface area contributed by atoms with Gasteiger partial charge in [0.05, 0.1) is 17.6 Å². The first-order chi connectivity index (χ1) is 9.22. The highest BCUT2D eigenvalue weighted by Crippen LogP contribution is 2.30. The van der Waals surface area contributed by atoms with Crippen LogP contribution in [0, 0.1) is 10.1 Å². The summed E-state index contributed by atoms with van der Waals surface area (Å²) in [5, 5.41) is 14.1. The van der Waals surface area contributed by atoms with Gasteiger partial charge in [0, 0.05) is 18.2 Å². The van der Waals surface area contributed by atoms with Crippen LogP contribution in [0.3, 0.4) is 0 Å². The van der Waals surface area contributed by atoms with E-state index in [1.165, 1.54) is 18.9 Å². The summed E-state index contributed by atoms with van der Waals surface area (Å²) in [4.78, 5) is 10.7. The molecule has 0 saturated heterocycles. The Labute approximate surface area is 113 Å². The van der Waals surface area contributed by atoms with Crippen LogP contribution in [0.25, 0.3) is 0 Å². The zero-order chi connectivity index (χ0) is 13.7. The molecular formula is C14H20N2O3. The molecule has 1 aliphatic carbocycles. The Hall–Kier alpha value is -1.62. The third kappa shape index (κ3) is 3.44. The highest BCUT2D eigenvalue weighted by atomic mass is 16.6. The maximum Gasteiger partial charge on any atom is 0.292 e. The molecule has 0 aliphatic heterocycles. The number of rotatable bonds is 6. The molecule has 0 radical (unpaired) electrons. The summed E-state index contributed by atoms with van der Waals surface area (Å²) in [6, 6.07) is 5.13. The Kier molecular flexibility index (Phi) is 4.74. The largest absolute Gasteiger partial charge is 0.379 e. The van der Waals surface area contributed by atoms with Crippen LogP contribution in [0.1, 0.15) is 38.2 Å². The lowest BCUT2D eigenvalue weighted by Gasteiger charge is -2.14. The number of nitrogens with zero attached hydrogens (tertiary/aromatic N) is 1. The van der Waals surface area contributed by atoms with Crippen molar-refractivity contribution in [1.82, 2.24) is 0 Å². The number of nitro benzene ring substituents is 1. The summed E-state index contributed by atoms with van der Waals surface area (Å²) in [5.41, 5.74) is 1.57. The van der Waals surface area contributed by atoms with E-state index in [9.17, 15) is 10.1 Å². The van der Waals surface area contributed by atoms with Crippen LogP contribution >= 0.6 is 0 Å². The lowest BCUT2D eigenvalue weighted by Crippen LogP contribution is -2.10. The molecule has 0 unspecified atom stereocenters. The molecule has 1 saturated carbocycles. The second-order valence-corrected chi connectivity index (χ2v) is 4.82. The van der Waals surface area contributed by atoms with Crippen LogP contribution in [-0.4, -0.2) is 17.6 Å². The van der Waals surface area contributed by atoms with E-state index < -0.39 is 0 Å². The first-order valence-electron chi connectivity index (χ1n) is 6.84. The molecule has 0 amide bonds. The highest BCUT2D eigenvalue weighted by Gasteiger charge is 2.19. The van der Waals surface area contributed by atoms with Crippen molar-refractivity contribution in [1.29, 1.82) is 0 Å². The normalized spacial score (nSPS) is 15.6. The number of hydrogen-bond donors (Lipinski definition) is 1. The quantitative estimate of drug-likeness (QED) is 0.631. The third-order valence-electron chi connectivity index (χ3n) is 3.46. The van der Waals surface area contributed by atoms with Gasteiger partial charge in [0.25, 0.3) is 5.69 Å². The van der Waals surface area contributed by atoms with Gasteiger partial charge in [0.15, 0.2) is 0 Å². The predicted octanol–water partition coefficient (Wildman–Crippen LogP) is 3.49. The topological polar surface area (TPSA) is 64.4 Å². The number of nitro groups is 1. The number of ether oxygens (including phenoxy) is 1. The summed E-state index contributed by atoms with van der Waals surface area (Å²) in [6.45, 7) is 3.02. The van der Waals surface area contributed by atoms with Crippen LogP contribution in [0.4, 0.5) is 11.4 Å². The van der Waals surface area contributed by atoms with E-state index in [1.54, 1.807) is 6.07 Å². The number of hydrogen-bond acceptors (Lipinski definition) is 4. The molecule has 0 heterocycles. The molecule has 0 spiro atoms. The summed E-state index contributed by atoms with van der Waals surface area (Å²) in [7, 11) is 0. The molecule has 0 aromatic heterocycles. The van der Waals surface area contributed by atoms with Gasteiger partial charge < -0.3 is 10.1 Å². The second kappa shape index (κ2) is 6.52. The minimum atomic E-state index is -0.350. The van der Waals surface area contributed by atoms with Crippen molar-refractivity contribution in [3.05, 3.63) is 33.9 Å². The van der Waals surface area contributed by atoms with E-state index in [1.807, 2.05) is 13.0 Å². The van der Waals surface area contributed by atoms with E-state index in [0.717, 1.165) is 18.4 Å². The van der Waals surface area contributed by atoms with Crippen LogP contribution in [0.2, 0.25) is 0 Å². The van der Waals surface area contributed by atoms with Crippen LogP contribution in [0.5, 0.6) is 0 Å². The molecular weight excluding hydrogens is 244 g/mol. The third-order valence-corrected chi connectivity index (χ3v) is 3.46. The molecule has 19 heavy (non-hydrogen) atoms. The Morgan fingerprint density at radius 2 is 2.16 bits per heavy atom. The molecule has 1 aliphatic rings. The van der Waals surface area contributed by atoms with E-state index in [2.05, 4.69) is 5.32 Å². The van der Waals surface area contributed by atoms with Crippen molar-refractivity contribution in [2.24, 2.45) is 0 Å². The fourth-order valence-corrected chi connectivity index (χ4v) is 2.50. The van der Waals surface area contributed by atoms with Crippen LogP contribution < -0.4 is 5.32 Å². The lowest BCUT2D eigenvalue weighted by atomic mass is 10.1. The zero-order valence-corrected chi connectivity index (χ0v) is 11.2. The number of nitrogens with one attached hydrogen (secondary N) is 1. The van der Waals surface area contributed by atoms with Crippen molar-refractivity contribution in [3.63, 3.8) is 0 Å². The Morgan fingerprint density at radius 3 is 2.79 bits per heavy atom. The molecule has 5 heteroatoms. The Morgan fingerprint density at radius 1 is 1.42 bits per heavy atom. The van der Waals surface area contributed by atoms with Gasteiger partial charge in [0.2, 0.25) is 0 Å². The molecule has 0 bridgehead atoms. The summed E-state index contributed by atoms with van der Waals surface area (Å²) in [6.07, 6.45) is 4.96.